The molecule has 0 aliphatic carbocycles. The molecular formula is C26H54O9. The van der Waals surface area contributed by atoms with E-state index >= 15 is 0 Å². The Bertz CT molecular complexity index is 354. The van der Waals surface area contributed by atoms with E-state index in [9.17, 15) is 0 Å². The van der Waals surface area contributed by atoms with Crippen LogP contribution in [0.5, 0.6) is 0 Å². The van der Waals surface area contributed by atoms with Gasteiger partial charge in [-0.15, -0.1) is 0 Å². The number of hydrogen-bond acceptors (Lipinski definition) is 9. The van der Waals surface area contributed by atoms with Crippen molar-refractivity contribution in [3.8, 4) is 0 Å². The van der Waals surface area contributed by atoms with Gasteiger partial charge in [-0.2, -0.15) is 0 Å². The first kappa shape index (κ1) is 34.6. The van der Waals surface area contributed by atoms with Crippen molar-refractivity contribution in [1.82, 2.24) is 0 Å². The van der Waals surface area contributed by atoms with Crippen molar-refractivity contribution in [3.63, 3.8) is 0 Å². The van der Waals surface area contributed by atoms with Gasteiger partial charge in [0, 0.05) is 39.6 Å². The molecule has 0 bridgehead atoms. The van der Waals surface area contributed by atoms with Crippen LogP contribution in [-0.2, 0) is 42.6 Å². The third kappa shape index (κ3) is 26.5. The Morgan fingerprint density at radius 2 is 0.800 bits per heavy atom. The van der Waals surface area contributed by atoms with Crippen molar-refractivity contribution in [2.24, 2.45) is 0 Å². The summed E-state index contributed by atoms with van der Waals surface area (Å²) in [5, 5.41) is 0. The van der Waals surface area contributed by atoms with Gasteiger partial charge in [-0.1, -0.05) is 0 Å². The fourth-order valence-electron chi connectivity index (χ4n) is 3.14. The highest BCUT2D eigenvalue weighted by molar-refractivity contribution is 4.49. The zero-order chi connectivity index (χ0) is 25.7. The maximum atomic E-state index is 5.81. The molecule has 0 saturated carbocycles. The van der Waals surface area contributed by atoms with E-state index in [-0.39, 0.29) is 26.2 Å². The maximum Gasteiger partial charge on any atom is 0.157 e. The van der Waals surface area contributed by atoms with Crippen LogP contribution < -0.4 is 0 Å². The van der Waals surface area contributed by atoms with Crippen LogP contribution in [0.2, 0.25) is 0 Å². The molecule has 0 saturated heterocycles. The molecule has 0 fully saturated rings. The number of unbranched alkanes of at least 4 members (excludes halogenated alkanes) is 2. The molecule has 0 aliphatic rings. The second-order valence-electron chi connectivity index (χ2n) is 7.86. The Labute approximate surface area is 214 Å². The van der Waals surface area contributed by atoms with Crippen molar-refractivity contribution in [2.75, 3.05) is 79.7 Å². The Balaban J connectivity index is 3.49. The van der Waals surface area contributed by atoms with Gasteiger partial charge in [0.1, 0.15) is 13.6 Å². The summed E-state index contributed by atoms with van der Waals surface area (Å²) in [6, 6.07) is 0. The van der Waals surface area contributed by atoms with Crippen LogP contribution in [-0.4, -0.2) is 92.2 Å². The first-order valence-electron chi connectivity index (χ1n) is 13.6. The first-order chi connectivity index (χ1) is 17.3. The summed E-state index contributed by atoms with van der Waals surface area (Å²) in [5.41, 5.74) is 0. The van der Waals surface area contributed by atoms with Crippen molar-refractivity contribution < 1.29 is 42.6 Å². The average Bonchev–Trinajstić information content (AvgIpc) is 2.86. The zero-order valence-corrected chi connectivity index (χ0v) is 23.0. The Hall–Kier alpha value is -0.360. The lowest BCUT2D eigenvalue weighted by Gasteiger charge is -2.18. The summed E-state index contributed by atoms with van der Waals surface area (Å²) in [6.07, 6.45) is 7.15. The van der Waals surface area contributed by atoms with Gasteiger partial charge in [-0.3, -0.25) is 0 Å². The van der Waals surface area contributed by atoms with Crippen molar-refractivity contribution >= 4 is 0 Å². The van der Waals surface area contributed by atoms with E-state index < -0.39 is 0 Å². The SMILES string of the molecule is CCOCCCCC(OCC)OCCCOCOCOCCCOC(CCCCOCC)OCC. The van der Waals surface area contributed by atoms with Gasteiger partial charge in [-0.05, 0) is 79.1 Å². The molecule has 0 aromatic rings. The summed E-state index contributed by atoms with van der Waals surface area (Å²) in [7, 11) is 0. The quantitative estimate of drug-likeness (QED) is 0.0989. The minimum absolute atomic E-state index is 0.153. The molecule has 0 N–H and O–H groups in total. The second-order valence-corrected chi connectivity index (χ2v) is 7.86. The molecule has 9 heteroatoms. The molecule has 0 radical (unpaired) electrons. The van der Waals surface area contributed by atoms with Crippen LogP contribution in [0, 0.1) is 0 Å². The molecule has 9 nitrogen and oxygen atoms in total. The van der Waals surface area contributed by atoms with Gasteiger partial charge < -0.3 is 42.6 Å². The highest BCUT2D eigenvalue weighted by atomic mass is 16.7. The summed E-state index contributed by atoms with van der Waals surface area (Å²) >= 11 is 0. The maximum absolute atomic E-state index is 5.81. The third-order valence-corrected chi connectivity index (χ3v) is 4.88. The van der Waals surface area contributed by atoms with Crippen LogP contribution >= 0.6 is 0 Å². The van der Waals surface area contributed by atoms with Crippen LogP contribution in [0.4, 0.5) is 0 Å². The second kappa shape index (κ2) is 29.9. The number of hydrogen-bond donors (Lipinski definition) is 0. The van der Waals surface area contributed by atoms with Gasteiger partial charge in [0.05, 0.1) is 26.4 Å². The lowest BCUT2D eigenvalue weighted by Crippen LogP contribution is -2.19. The Morgan fingerprint density at radius 1 is 0.371 bits per heavy atom. The zero-order valence-electron chi connectivity index (χ0n) is 23.0. The molecular weight excluding hydrogens is 456 g/mol. The normalized spacial score (nSPS) is 13.4. The van der Waals surface area contributed by atoms with Gasteiger partial charge in [0.25, 0.3) is 0 Å². The molecule has 0 amide bonds. The molecule has 212 valence electrons. The number of ether oxygens (including phenoxy) is 9. The Morgan fingerprint density at radius 3 is 1.20 bits per heavy atom. The standard InChI is InChI=1S/C26H54O9/c1-5-27-17-11-9-15-25(32-7-3)34-21-13-19-29-23-31-24-30-20-14-22-35-26(33-8-4)16-10-12-18-28-6-2/h25-26H,5-24H2,1-4H3. The molecule has 35 heavy (non-hydrogen) atoms. The van der Waals surface area contributed by atoms with Crippen LogP contribution in [0.25, 0.3) is 0 Å². The molecule has 0 aromatic heterocycles. The van der Waals surface area contributed by atoms with Crippen molar-refractivity contribution in [3.05, 3.63) is 0 Å². The average molecular weight is 511 g/mol. The van der Waals surface area contributed by atoms with Gasteiger partial charge in [0.15, 0.2) is 12.6 Å². The molecule has 0 rings (SSSR count). The van der Waals surface area contributed by atoms with Gasteiger partial charge in [-0.25, -0.2) is 0 Å². The summed E-state index contributed by atoms with van der Waals surface area (Å²) in [4.78, 5) is 0. The summed E-state index contributed by atoms with van der Waals surface area (Å²) in [6.45, 7) is 15.2. The molecule has 0 heterocycles. The fourth-order valence-corrected chi connectivity index (χ4v) is 3.14. The highest BCUT2D eigenvalue weighted by Gasteiger charge is 2.09. The predicted octanol–water partition coefficient (Wildman–Crippen LogP) is 4.90. The Kier molecular flexibility index (Phi) is 29.6. The lowest BCUT2D eigenvalue weighted by atomic mass is 10.2. The smallest absolute Gasteiger partial charge is 0.157 e. The van der Waals surface area contributed by atoms with Crippen LogP contribution in [0.1, 0.15) is 79.1 Å². The monoisotopic (exact) mass is 510 g/mol. The molecule has 0 aromatic carbocycles. The van der Waals surface area contributed by atoms with Crippen molar-refractivity contribution in [1.29, 1.82) is 0 Å². The molecule has 0 aliphatic heterocycles. The van der Waals surface area contributed by atoms with Crippen LogP contribution in [0.15, 0.2) is 0 Å². The minimum atomic E-state index is -0.153. The van der Waals surface area contributed by atoms with E-state index in [0.29, 0.717) is 39.6 Å². The van der Waals surface area contributed by atoms with Crippen LogP contribution in [0.3, 0.4) is 0 Å². The largest absolute Gasteiger partial charge is 0.382 e. The van der Waals surface area contributed by atoms with E-state index in [1.807, 2.05) is 27.7 Å². The highest BCUT2D eigenvalue weighted by Crippen LogP contribution is 2.09. The molecule has 2 unspecified atom stereocenters. The number of rotatable bonds is 30. The van der Waals surface area contributed by atoms with E-state index in [4.69, 9.17) is 42.6 Å². The molecule has 0 spiro atoms. The van der Waals surface area contributed by atoms with Gasteiger partial charge in [0.2, 0.25) is 0 Å². The predicted molar refractivity (Wildman–Crippen MR) is 135 cm³/mol. The lowest BCUT2D eigenvalue weighted by molar-refractivity contribution is -0.158. The van der Waals surface area contributed by atoms with E-state index in [1.165, 1.54) is 0 Å². The van der Waals surface area contributed by atoms with Crippen molar-refractivity contribution in [2.45, 2.75) is 91.6 Å². The topological polar surface area (TPSA) is 83.1 Å². The first-order valence-corrected chi connectivity index (χ1v) is 13.6. The van der Waals surface area contributed by atoms with E-state index in [0.717, 1.165) is 77.8 Å². The summed E-state index contributed by atoms with van der Waals surface area (Å²) < 4.78 is 49.9. The summed E-state index contributed by atoms with van der Waals surface area (Å²) in [5.74, 6) is 0. The van der Waals surface area contributed by atoms with Gasteiger partial charge >= 0.3 is 0 Å². The van der Waals surface area contributed by atoms with E-state index in [1.54, 1.807) is 0 Å². The molecule has 2 atom stereocenters. The fraction of sp³-hybridized carbons (Fsp3) is 1.00. The minimum Gasteiger partial charge on any atom is -0.382 e. The van der Waals surface area contributed by atoms with E-state index in [2.05, 4.69) is 0 Å². The third-order valence-electron chi connectivity index (χ3n) is 4.88.